The lowest BCUT2D eigenvalue weighted by molar-refractivity contribution is 0.102. The van der Waals surface area contributed by atoms with Crippen molar-refractivity contribution in [3.63, 3.8) is 0 Å². The molecule has 2 aromatic heterocycles. The van der Waals surface area contributed by atoms with Crippen LogP contribution in [-0.2, 0) is 0 Å². The summed E-state index contributed by atoms with van der Waals surface area (Å²) in [7, 11) is 0. The van der Waals surface area contributed by atoms with Gasteiger partial charge in [0.1, 0.15) is 5.56 Å². The highest BCUT2D eigenvalue weighted by Crippen LogP contribution is 2.23. The minimum Gasteiger partial charge on any atom is -0.372 e. The van der Waals surface area contributed by atoms with Crippen LogP contribution in [0.4, 0.5) is 11.4 Å². The fourth-order valence-corrected chi connectivity index (χ4v) is 3.54. The van der Waals surface area contributed by atoms with E-state index in [4.69, 9.17) is 0 Å². The van der Waals surface area contributed by atoms with E-state index in [1.807, 2.05) is 42.5 Å². The number of rotatable bonds is 6. The third kappa shape index (κ3) is 3.76. The molecule has 0 saturated carbocycles. The number of nitrogens with one attached hydrogen (secondary N) is 1. The van der Waals surface area contributed by atoms with Crippen molar-refractivity contribution in [1.29, 1.82) is 0 Å². The van der Waals surface area contributed by atoms with Crippen LogP contribution in [0.2, 0.25) is 0 Å². The number of hydrogen-bond acceptors (Lipinski definition) is 4. The van der Waals surface area contributed by atoms with E-state index in [0.717, 1.165) is 35.7 Å². The zero-order valence-electron chi connectivity index (χ0n) is 17.5. The molecule has 1 N–H and O–H groups in total. The lowest BCUT2D eigenvalue weighted by atomic mass is 10.1. The average Bonchev–Trinajstić information content (AvgIpc) is 3.21. The number of benzene rings is 2. The maximum absolute atomic E-state index is 12.9. The molecule has 1 amide bonds. The molecule has 0 saturated heterocycles. The molecule has 0 radical (unpaired) electrons. The highest BCUT2D eigenvalue weighted by atomic mass is 16.1. The molecule has 0 atom stereocenters. The molecule has 0 spiro atoms. The van der Waals surface area contributed by atoms with E-state index in [1.54, 1.807) is 16.9 Å². The monoisotopic (exact) mass is 399 g/mol. The van der Waals surface area contributed by atoms with Crippen LogP contribution in [-0.4, -0.2) is 33.6 Å². The molecule has 4 aromatic rings. The minimum atomic E-state index is -0.228. The highest BCUT2D eigenvalue weighted by molar-refractivity contribution is 6.08. The minimum absolute atomic E-state index is 0.228. The molecule has 2 aromatic carbocycles. The second-order valence-corrected chi connectivity index (χ2v) is 7.16. The van der Waals surface area contributed by atoms with E-state index < -0.39 is 0 Å². The van der Waals surface area contributed by atoms with Gasteiger partial charge in [0.05, 0.1) is 11.9 Å². The first-order valence-electron chi connectivity index (χ1n) is 10.2. The predicted octanol–water partition coefficient (Wildman–Crippen LogP) is 4.80. The number of fused-ring (bicyclic) bond motifs is 1. The fourth-order valence-electron chi connectivity index (χ4n) is 3.54. The normalized spacial score (nSPS) is 10.9. The maximum Gasteiger partial charge on any atom is 0.261 e. The maximum atomic E-state index is 12.9. The van der Waals surface area contributed by atoms with Crippen LogP contribution in [0.5, 0.6) is 0 Å². The van der Waals surface area contributed by atoms with Crippen molar-refractivity contribution in [3.05, 3.63) is 78.1 Å². The molecule has 0 unspecified atom stereocenters. The average molecular weight is 399 g/mol. The Labute approximate surface area is 176 Å². The fraction of sp³-hybridized carbons (Fsp3) is 0.208. The van der Waals surface area contributed by atoms with Gasteiger partial charge in [-0.3, -0.25) is 4.79 Å². The first-order valence-corrected chi connectivity index (χ1v) is 10.2. The van der Waals surface area contributed by atoms with Gasteiger partial charge in [0.25, 0.3) is 5.91 Å². The number of carbonyl (C=O) groups excluding carboxylic acids is 1. The van der Waals surface area contributed by atoms with Gasteiger partial charge in [0.2, 0.25) is 0 Å². The van der Waals surface area contributed by atoms with Crippen LogP contribution in [0, 0.1) is 6.92 Å². The van der Waals surface area contributed by atoms with Crippen LogP contribution in [0.15, 0.2) is 67.0 Å². The van der Waals surface area contributed by atoms with Crippen molar-refractivity contribution in [2.45, 2.75) is 20.8 Å². The topological polar surface area (TPSA) is 62.5 Å². The van der Waals surface area contributed by atoms with E-state index in [0.29, 0.717) is 11.2 Å². The van der Waals surface area contributed by atoms with Crippen LogP contribution >= 0.6 is 0 Å². The van der Waals surface area contributed by atoms with Crippen LogP contribution < -0.4 is 10.2 Å². The highest BCUT2D eigenvalue weighted by Gasteiger charge is 2.16. The van der Waals surface area contributed by atoms with E-state index in [2.05, 4.69) is 53.2 Å². The molecule has 30 heavy (non-hydrogen) atoms. The lowest BCUT2D eigenvalue weighted by Crippen LogP contribution is -2.21. The molecule has 0 aliphatic carbocycles. The number of hydrogen-bond donors (Lipinski definition) is 1. The lowest BCUT2D eigenvalue weighted by Gasteiger charge is -2.21. The summed E-state index contributed by atoms with van der Waals surface area (Å²) in [5.41, 5.74) is 5.96. The van der Waals surface area contributed by atoms with Crippen molar-refractivity contribution in [2.24, 2.45) is 0 Å². The molecule has 6 nitrogen and oxygen atoms in total. The van der Waals surface area contributed by atoms with E-state index in [9.17, 15) is 4.79 Å². The summed E-state index contributed by atoms with van der Waals surface area (Å²) in [6, 6.07) is 18.0. The van der Waals surface area contributed by atoms with Crippen LogP contribution in [0.1, 0.15) is 29.8 Å². The predicted molar refractivity (Wildman–Crippen MR) is 121 cm³/mol. The van der Waals surface area contributed by atoms with Crippen molar-refractivity contribution in [3.8, 4) is 11.3 Å². The third-order valence-electron chi connectivity index (χ3n) is 5.25. The molecule has 4 rings (SSSR count). The number of aromatic nitrogens is 3. The molecule has 0 bridgehead atoms. The summed E-state index contributed by atoms with van der Waals surface area (Å²) in [6.07, 6.45) is 3.28. The van der Waals surface area contributed by atoms with Crippen molar-refractivity contribution < 1.29 is 4.79 Å². The van der Waals surface area contributed by atoms with Crippen LogP contribution in [0.25, 0.3) is 16.9 Å². The standard InChI is InChI=1S/C24H25N5O/c1-4-28(5-2)20-12-10-19(11-13-20)27-24(30)21-16-26-29-22(14-15-25-23(21)29)18-8-6-17(3)7-9-18/h6-16H,4-5H2,1-3H3,(H,27,30). The Balaban J connectivity index is 1.60. The van der Waals surface area contributed by atoms with Gasteiger partial charge in [-0.1, -0.05) is 29.8 Å². The first kappa shape index (κ1) is 19.6. The van der Waals surface area contributed by atoms with Gasteiger partial charge in [-0.15, -0.1) is 0 Å². The largest absolute Gasteiger partial charge is 0.372 e. The van der Waals surface area contributed by atoms with Gasteiger partial charge in [-0.2, -0.15) is 5.10 Å². The Bertz CT molecular complexity index is 1160. The molecule has 0 aliphatic heterocycles. The van der Waals surface area contributed by atoms with E-state index >= 15 is 0 Å². The van der Waals surface area contributed by atoms with Gasteiger partial charge < -0.3 is 10.2 Å². The number of anilines is 2. The van der Waals surface area contributed by atoms with E-state index in [1.165, 1.54) is 5.56 Å². The second-order valence-electron chi connectivity index (χ2n) is 7.16. The van der Waals surface area contributed by atoms with E-state index in [-0.39, 0.29) is 5.91 Å². The summed E-state index contributed by atoms with van der Waals surface area (Å²) >= 11 is 0. The molecule has 6 heteroatoms. The Kier molecular flexibility index (Phi) is 5.48. The van der Waals surface area contributed by atoms with Gasteiger partial charge >= 0.3 is 0 Å². The van der Waals surface area contributed by atoms with Gasteiger partial charge in [0, 0.05) is 36.2 Å². The quantitative estimate of drug-likeness (QED) is 0.506. The van der Waals surface area contributed by atoms with Crippen molar-refractivity contribution in [2.75, 3.05) is 23.3 Å². The molecular formula is C24H25N5O. The summed E-state index contributed by atoms with van der Waals surface area (Å²) in [6.45, 7) is 8.19. The summed E-state index contributed by atoms with van der Waals surface area (Å²) in [4.78, 5) is 19.6. The second kappa shape index (κ2) is 8.37. The molecule has 0 fully saturated rings. The first-order chi connectivity index (χ1) is 14.6. The Morgan fingerprint density at radius 1 is 1.00 bits per heavy atom. The Hall–Kier alpha value is -3.67. The summed E-state index contributed by atoms with van der Waals surface area (Å²) in [5, 5.41) is 7.38. The zero-order chi connectivity index (χ0) is 21.1. The summed E-state index contributed by atoms with van der Waals surface area (Å²) < 4.78 is 1.71. The SMILES string of the molecule is CCN(CC)c1ccc(NC(=O)c2cnn3c(-c4ccc(C)cc4)ccnc23)cc1. The smallest absolute Gasteiger partial charge is 0.261 e. The Morgan fingerprint density at radius 2 is 1.70 bits per heavy atom. The van der Waals surface area contributed by atoms with Gasteiger partial charge in [-0.05, 0) is 51.1 Å². The molecule has 152 valence electrons. The number of nitrogens with zero attached hydrogens (tertiary/aromatic N) is 4. The third-order valence-corrected chi connectivity index (χ3v) is 5.25. The van der Waals surface area contributed by atoms with Crippen molar-refractivity contribution in [1.82, 2.24) is 14.6 Å². The molecule has 0 aliphatic rings. The molecular weight excluding hydrogens is 374 g/mol. The number of amides is 1. The molecule has 2 heterocycles. The van der Waals surface area contributed by atoms with Crippen molar-refractivity contribution >= 4 is 22.9 Å². The summed E-state index contributed by atoms with van der Waals surface area (Å²) in [5.74, 6) is -0.228. The zero-order valence-corrected chi connectivity index (χ0v) is 17.5. The van der Waals surface area contributed by atoms with Crippen LogP contribution in [0.3, 0.4) is 0 Å². The number of carbonyl (C=O) groups is 1. The number of aryl methyl sites for hydroxylation is 1. The van der Waals surface area contributed by atoms with Gasteiger partial charge in [0.15, 0.2) is 5.65 Å². The van der Waals surface area contributed by atoms with Gasteiger partial charge in [-0.25, -0.2) is 9.50 Å². The Morgan fingerprint density at radius 3 is 2.37 bits per heavy atom.